The molecule has 1 aromatic heterocycles. The number of benzene rings is 1. The van der Waals surface area contributed by atoms with Gasteiger partial charge in [0, 0.05) is 23.5 Å². The molecule has 17 heavy (non-hydrogen) atoms. The van der Waals surface area contributed by atoms with E-state index in [-0.39, 0.29) is 5.82 Å². The second-order valence-electron chi connectivity index (χ2n) is 3.67. The summed E-state index contributed by atoms with van der Waals surface area (Å²) in [5.74, 6) is -0.242. The maximum Gasteiger partial charge on any atom is 0.137 e. The minimum atomic E-state index is -0.242. The molecule has 1 aromatic carbocycles. The summed E-state index contributed by atoms with van der Waals surface area (Å²) in [6.07, 6.45) is 0.936. The lowest BCUT2D eigenvalue weighted by Crippen LogP contribution is -2.04. The van der Waals surface area contributed by atoms with Crippen molar-refractivity contribution in [2.45, 2.75) is 13.3 Å². The van der Waals surface area contributed by atoms with Gasteiger partial charge in [-0.25, -0.2) is 9.37 Å². The van der Waals surface area contributed by atoms with Gasteiger partial charge in [0.25, 0.3) is 0 Å². The number of aromatic nitrogens is 1. The van der Waals surface area contributed by atoms with E-state index in [9.17, 15) is 4.39 Å². The van der Waals surface area contributed by atoms with Gasteiger partial charge >= 0.3 is 0 Å². The van der Waals surface area contributed by atoms with Crippen molar-refractivity contribution in [3.8, 4) is 0 Å². The van der Waals surface area contributed by atoms with Crippen molar-refractivity contribution in [1.82, 2.24) is 4.98 Å². The maximum absolute atomic E-state index is 13.0. The van der Waals surface area contributed by atoms with Crippen molar-refractivity contribution < 1.29 is 4.39 Å². The van der Waals surface area contributed by atoms with Crippen molar-refractivity contribution in [1.29, 1.82) is 0 Å². The van der Waals surface area contributed by atoms with E-state index in [1.807, 2.05) is 12.4 Å². The zero-order chi connectivity index (χ0) is 12.3. The van der Waals surface area contributed by atoms with Crippen LogP contribution >= 0.6 is 27.3 Å². The Morgan fingerprint density at radius 3 is 2.94 bits per heavy atom. The van der Waals surface area contributed by atoms with E-state index in [1.165, 1.54) is 10.9 Å². The van der Waals surface area contributed by atoms with Crippen LogP contribution in [0.25, 0.3) is 0 Å². The van der Waals surface area contributed by atoms with Crippen LogP contribution in [0, 0.1) is 12.7 Å². The van der Waals surface area contributed by atoms with E-state index < -0.39 is 0 Å². The monoisotopic (exact) mass is 314 g/mol. The summed E-state index contributed by atoms with van der Waals surface area (Å²) < 4.78 is 13.5. The number of hydrogen-bond acceptors (Lipinski definition) is 3. The van der Waals surface area contributed by atoms with Gasteiger partial charge in [-0.3, -0.25) is 0 Å². The molecular weight excluding hydrogens is 303 g/mol. The molecule has 2 aromatic rings. The largest absolute Gasteiger partial charge is 0.385 e. The number of anilines is 1. The van der Waals surface area contributed by atoms with Gasteiger partial charge in [-0.15, -0.1) is 11.3 Å². The van der Waals surface area contributed by atoms with Gasteiger partial charge < -0.3 is 5.32 Å². The number of thiazole rings is 1. The van der Waals surface area contributed by atoms with E-state index in [4.69, 9.17) is 0 Å². The fraction of sp³-hybridized carbons (Fsp3) is 0.250. The summed E-state index contributed by atoms with van der Waals surface area (Å²) >= 11 is 4.84. The minimum Gasteiger partial charge on any atom is -0.385 e. The van der Waals surface area contributed by atoms with Crippen LogP contribution in [0.4, 0.5) is 10.1 Å². The van der Waals surface area contributed by atoms with Gasteiger partial charge in [-0.2, -0.15) is 0 Å². The molecule has 0 atom stereocenters. The average molecular weight is 315 g/mol. The lowest BCUT2D eigenvalue weighted by atomic mass is 10.2. The number of nitrogens with zero attached hydrogens (tertiary/aromatic N) is 1. The Morgan fingerprint density at radius 1 is 1.47 bits per heavy atom. The number of rotatable bonds is 4. The molecule has 0 saturated heterocycles. The van der Waals surface area contributed by atoms with Crippen LogP contribution < -0.4 is 5.32 Å². The predicted molar refractivity (Wildman–Crippen MR) is 73.1 cm³/mol. The molecule has 0 aliphatic rings. The lowest BCUT2D eigenvalue weighted by Gasteiger charge is -2.06. The molecule has 0 aliphatic heterocycles. The summed E-state index contributed by atoms with van der Waals surface area (Å²) in [5.41, 5.74) is 3.87. The van der Waals surface area contributed by atoms with Crippen molar-refractivity contribution in [3.05, 3.63) is 44.6 Å². The quantitative estimate of drug-likeness (QED) is 0.922. The highest BCUT2D eigenvalue weighted by Gasteiger charge is 2.02. The second-order valence-corrected chi connectivity index (χ2v) is 5.46. The summed E-state index contributed by atoms with van der Waals surface area (Å²) in [6, 6.07) is 4.93. The normalized spacial score (nSPS) is 10.5. The fourth-order valence-electron chi connectivity index (χ4n) is 1.49. The van der Waals surface area contributed by atoms with Crippen molar-refractivity contribution >= 4 is 33.0 Å². The zero-order valence-corrected chi connectivity index (χ0v) is 11.7. The highest BCUT2D eigenvalue weighted by Crippen LogP contribution is 2.20. The third kappa shape index (κ3) is 3.26. The number of aryl methyl sites for hydroxylation is 1. The molecule has 0 bridgehead atoms. The third-order valence-electron chi connectivity index (χ3n) is 2.45. The van der Waals surface area contributed by atoms with Crippen molar-refractivity contribution in [2.24, 2.45) is 0 Å². The van der Waals surface area contributed by atoms with E-state index in [1.54, 1.807) is 23.5 Å². The van der Waals surface area contributed by atoms with Crippen LogP contribution in [0.1, 0.15) is 10.6 Å². The molecule has 0 amide bonds. The first-order valence-corrected chi connectivity index (χ1v) is 6.92. The molecule has 1 heterocycles. The molecule has 0 fully saturated rings. The third-order valence-corrected chi connectivity index (χ3v) is 4.05. The molecule has 2 nitrogen and oxygen atoms in total. The fourth-order valence-corrected chi connectivity index (χ4v) is 2.65. The first-order chi connectivity index (χ1) is 8.16. The Balaban J connectivity index is 1.90. The minimum absolute atomic E-state index is 0.242. The molecule has 0 radical (unpaired) electrons. The van der Waals surface area contributed by atoms with E-state index in [2.05, 4.69) is 26.2 Å². The van der Waals surface area contributed by atoms with E-state index >= 15 is 0 Å². The van der Waals surface area contributed by atoms with Gasteiger partial charge in [-0.05, 0) is 41.1 Å². The number of nitrogens with one attached hydrogen (secondary N) is 1. The Bertz CT molecular complexity index is 513. The molecule has 0 saturated carbocycles. The molecule has 5 heteroatoms. The van der Waals surface area contributed by atoms with E-state index in [0.29, 0.717) is 4.47 Å². The van der Waals surface area contributed by atoms with Gasteiger partial charge in [0.2, 0.25) is 0 Å². The average Bonchev–Trinajstić information content (AvgIpc) is 2.70. The van der Waals surface area contributed by atoms with Crippen molar-refractivity contribution in [3.63, 3.8) is 0 Å². The first kappa shape index (κ1) is 12.5. The Kier molecular flexibility index (Phi) is 4.12. The van der Waals surface area contributed by atoms with Gasteiger partial charge in [0.05, 0.1) is 15.7 Å². The van der Waals surface area contributed by atoms with Gasteiger partial charge in [0.1, 0.15) is 5.82 Å². The smallest absolute Gasteiger partial charge is 0.137 e. The molecule has 1 N–H and O–H groups in total. The molecule has 0 unspecified atom stereocenters. The van der Waals surface area contributed by atoms with Crippen LogP contribution in [0.2, 0.25) is 0 Å². The lowest BCUT2D eigenvalue weighted by molar-refractivity contribution is 0.621. The number of halogens is 2. The first-order valence-electron chi connectivity index (χ1n) is 5.24. The summed E-state index contributed by atoms with van der Waals surface area (Å²) in [4.78, 5) is 5.49. The van der Waals surface area contributed by atoms with Crippen molar-refractivity contribution in [2.75, 3.05) is 11.9 Å². The topological polar surface area (TPSA) is 24.9 Å². The Hall–Kier alpha value is -0.940. The molecule has 2 rings (SSSR count). The molecule has 90 valence electrons. The van der Waals surface area contributed by atoms with Crippen LogP contribution in [0.5, 0.6) is 0 Å². The Labute approximate surface area is 112 Å². The van der Waals surface area contributed by atoms with Crippen LogP contribution in [-0.2, 0) is 6.42 Å². The van der Waals surface area contributed by atoms with Gasteiger partial charge in [-0.1, -0.05) is 0 Å². The van der Waals surface area contributed by atoms with Crippen LogP contribution in [-0.4, -0.2) is 11.5 Å². The highest BCUT2D eigenvalue weighted by molar-refractivity contribution is 9.10. The zero-order valence-electron chi connectivity index (χ0n) is 9.34. The predicted octanol–water partition coefficient (Wildman–Crippen LogP) is 4.01. The van der Waals surface area contributed by atoms with Crippen LogP contribution in [0.15, 0.2) is 28.2 Å². The number of hydrogen-bond donors (Lipinski definition) is 1. The van der Waals surface area contributed by atoms with Gasteiger partial charge in [0.15, 0.2) is 0 Å². The highest BCUT2D eigenvalue weighted by atomic mass is 79.9. The standard InChI is InChI=1S/C12H12BrFN2S/c1-8-12(17-7-16-8)4-5-15-9-2-3-11(14)10(13)6-9/h2-3,6-7,15H,4-5H2,1H3. The second kappa shape index (κ2) is 5.60. The summed E-state index contributed by atoms with van der Waals surface area (Å²) in [7, 11) is 0. The molecular formula is C12H12BrFN2S. The Morgan fingerprint density at radius 2 is 2.29 bits per heavy atom. The van der Waals surface area contributed by atoms with E-state index in [0.717, 1.165) is 24.3 Å². The molecule has 0 aliphatic carbocycles. The summed E-state index contributed by atoms with van der Waals surface area (Å²) in [6.45, 7) is 2.83. The van der Waals surface area contributed by atoms with Crippen LogP contribution in [0.3, 0.4) is 0 Å². The maximum atomic E-state index is 13.0. The molecule has 0 spiro atoms. The SMILES string of the molecule is Cc1ncsc1CCNc1ccc(F)c(Br)c1. The summed E-state index contributed by atoms with van der Waals surface area (Å²) in [5, 5.41) is 3.26.